The van der Waals surface area contributed by atoms with Gasteiger partial charge in [-0.05, 0) is 50.1 Å². The van der Waals surface area contributed by atoms with Gasteiger partial charge in [-0.1, -0.05) is 12.1 Å². The first-order valence-corrected chi connectivity index (χ1v) is 8.17. The lowest BCUT2D eigenvalue weighted by atomic mass is 9.96. The van der Waals surface area contributed by atoms with E-state index < -0.39 is 23.4 Å². The molecule has 0 radical (unpaired) electrons. The topological polar surface area (TPSA) is 119 Å². The number of carboxylic acid groups (broad SMARTS) is 1. The van der Waals surface area contributed by atoms with Crippen LogP contribution < -0.4 is 10.1 Å². The highest BCUT2D eigenvalue weighted by Crippen LogP contribution is 2.28. The average molecular weight is 372 g/mol. The van der Waals surface area contributed by atoms with Crippen LogP contribution in [0.1, 0.15) is 32.6 Å². The summed E-state index contributed by atoms with van der Waals surface area (Å²) in [6.45, 7) is 4.65. The molecular weight excluding hydrogens is 352 g/mol. The molecule has 0 aromatic heterocycles. The lowest BCUT2D eigenvalue weighted by Gasteiger charge is -2.13. The Hall–Kier alpha value is -3.42. The Balaban J connectivity index is 2.17. The minimum absolute atomic E-state index is 0.0604. The number of nitro benzene ring substituents is 1. The number of benzene rings is 2. The summed E-state index contributed by atoms with van der Waals surface area (Å²) >= 11 is 0. The van der Waals surface area contributed by atoms with Crippen molar-refractivity contribution in [2.75, 3.05) is 6.61 Å². The normalized spacial score (nSPS) is 10.3. The van der Waals surface area contributed by atoms with Crippen LogP contribution in [-0.4, -0.2) is 28.5 Å². The molecule has 2 aromatic rings. The van der Waals surface area contributed by atoms with Crippen LogP contribution in [0.15, 0.2) is 30.3 Å². The van der Waals surface area contributed by atoms with Crippen molar-refractivity contribution in [1.82, 2.24) is 5.32 Å². The highest BCUT2D eigenvalue weighted by atomic mass is 16.6. The number of aryl methyl sites for hydroxylation is 2. The van der Waals surface area contributed by atoms with Crippen LogP contribution in [-0.2, 0) is 11.3 Å². The number of carboxylic acids is 1. The summed E-state index contributed by atoms with van der Waals surface area (Å²) in [6, 6.07) is 8.31. The highest BCUT2D eigenvalue weighted by molar-refractivity contribution is 5.98. The molecule has 1 amide bonds. The number of hydrogen-bond donors (Lipinski definition) is 2. The number of nitro groups is 1. The lowest BCUT2D eigenvalue weighted by molar-refractivity contribution is -0.386. The molecule has 0 heterocycles. The van der Waals surface area contributed by atoms with Crippen LogP contribution in [0.2, 0.25) is 0 Å². The molecule has 8 nitrogen and oxygen atoms in total. The molecule has 2 rings (SSSR count). The maximum absolute atomic E-state index is 12.6. The summed E-state index contributed by atoms with van der Waals surface area (Å²) in [5, 5.41) is 22.7. The lowest BCUT2D eigenvalue weighted by Crippen LogP contribution is -2.25. The molecule has 2 N–H and O–H groups in total. The zero-order valence-electron chi connectivity index (χ0n) is 15.2. The van der Waals surface area contributed by atoms with E-state index in [0.717, 1.165) is 0 Å². The second-order valence-electron chi connectivity index (χ2n) is 6.13. The molecular formula is C19H20N2O6. The summed E-state index contributed by atoms with van der Waals surface area (Å²) in [5.41, 5.74) is 2.43. The number of rotatable bonds is 7. The fourth-order valence-electron chi connectivity index (χ4n) is 2.97. The van der Waals surface area contributed by atoms with Crippen LogP contribution in [0.25, 0.3) is 0 Å². The van der Waals surface area contributed by atoms with Crippen molar-refractivity contribution in [3.05, 3.63) is 68.3 Å². The zero-order valence-corrected chi connectivity index (χ0v) is 15.2. The fraction of sp³-hybridized carbons (Fsp3) is 0.263. The van der Waals surface area contributed by atoms with Gasteiger partial charge in [-0.3, -0.25) is 14.9 Å². The monoisotopic (exact) mass is 372 g/mol. The average Bonchev–Trinajstić information content (AvgIpc) is 2.57. The highest BCUT2D eigenvalue weighted by Gasteiger charge is 2.23. The van der Waals surface area contributed by atoms with Gasteiger partial charge in [0.1, 0.15) is 5.75 Å². The van der Waals surface area contributed by atoms with Gasteiger partial charge in [-0.2, -0.15) is 0 Å². The Morgan fingerprint density at radius 1 is 1.19 bits per heavy atom. The summed E-state index contributed by atoms with van der Waals surface area (Å²) in [5.74, 6) is -1.12. The zero-order chi connectivity index (χ0) is 20.1. The molecule has 0 atom stereocenters. The maximum Gasteiger partial charge on any atom is 0.341 e. The van der Waals surface area contributed by atoms with E-state index in [4.69, 9.17) is 9.84 Å². The van der Waals surface area contributed by atoms with Crippen molar-refractivity contribution < 1.29 is 24.4 Å². The van der Waals surface area contributed by atoms with Gasteiger partial charge in [0, 0.05) is 17.7 Å². The quantitative estimate of drug-likeness (QED) is 0.570. The third kappa shape index (κ3) is 4.81. The van der Waals surface area contributed by atoms with E-state index in [0.29, 0.717) is 28.0 Å². The molecule has 0 saturated carbocycles. The number of carbonyl (C=O) groups is 2. The van der Waals surface area contributed by atoms with Crippen LogP contribution in [0.5, 0.6) is 5.75 Å². The van der Waals surface area contributed by atoms with Gasteiger partial charge >= 0.3 is 5.97 Å². The minimum Gasteiger partial charge on any atom is -0.482 e. The third-order valence-corrected chi connectivity index (χ3v) is 4.05. The standard InChI is InChI=1S/C19H20N2O6/c1-11-7-12(2)18(21(25)26)13(3)17(11)19(24)20-9-14-5-4-6-15(8-14)27-10-16(22)23/h4-8H,9-10H2,1-3H3,(H,20,24)(H,22,23). The summed E-state index contributed by atoms with van der Waals surface area (Å²) in [4.78, 5) is 34.0. The molecule has 2 aromatic carbocycles. The van der Waals surface area contributed by atoms with Crippen molar-refractivity contribution in [2.24, 2.45) is 0 Å². The number of aliphatic carboxylic acids is 1. The van der Waals surface area contributed by atoms with Gasteiger partial charge in [-0.15, -0.1) is 0 Å². The number of hydrogen-bond acceptors (Lipinski definition) is 5. The fourth-order valence-corrected chi connectivity index (χ4v) is 2.97. The SMILES string of the molecule is Cc1cc(C)c([N+](=O)[O-])c(C)c1C(=O)NCc1cccc(OCC(=O)O)c1. The molecule has 0 unspecified atom stereocenters. The molecule has 0 aliphatic rings. The Morgan fingerprint density at radius 2 is 1.89 bits per heavy atom. The van der Waals surface area contributed by atoms with Crippen LogP contribution in [0.3, 0.4) is 0 Å². The summed E-state index contributed by atoms with van der Waals surface area (Å²) in [7, 11) is 0. The van der Waals surface area contributed by atoms with E-state index in [1.807, 2.05) is 0 Å². The van der Waals surface area contributed by atoms with E-state index in [1.165, 1.54) is 0 Å². The van der Waals surface area contributed by atoms with Crippen LogP contribution in [0, 0.1) is 30.9 Å². The van der Waals surface area contributed by atoms with E-state index in [9.17, 15) is 19.7 Å². The van der Waals surface area contributed by atoms with Crippen molar-refractivity contribution in [3.63, 3.8) is 0 Å². The number of ether oxygens (including phenoxy) is 1. The molecule has 0 aliphatic carbocycles. The van der Waals surface area contributed by atoms with Gasteiger partial charge in [0.2, 0.25) is 0 Å². The van der Waals surface area contributed by atoms with Crippen LogP contribution in [0.4, 0.5) is 5.69 Å². The van der Waals surface area contributed by atoms with E-state index >= 15 is 0 Å². The Bertz CT molecular complexity index is 907. The largest absolute Gasteiger partial charge is 0.482 e. The second-order valence-corrected chi connectivity index (χ2v) is 6.13. The van der Waals surface area contributed by atoms with Crippen molar-refractivity contribution in [2.45, 2.75) is 27.3 Å². The third-order valence-electron chi connectivity index (χ3n) is 4.05. The minimum atomic E-state index is -1.08. The predicted octanol–water partition coefficient (Wildman–Crippen LogP) is 2.91. The predicted molar refractivity (Wildman–Crippen MR) is 98.1 cm³/mol. The number of nitrogens with one attached hydrogen (secondary N) is 1. The molecule has 0 saturated heterocycles. The first-order chi connectivity index (χ1) is 12.7. The summed E-state index contributed by atoms with van der Waals surface area (Å²) < 4.78 is 5.11. The maximum atomic E-state index is 12.6. The Labute approximate surface area is 155 Å². The van der Waals surface area contributed by atoms with Gasteiger partial charge in [0.25, 0.3) is 11.6 Å². The van der Waals surface area contributed by atoms with Crippen LogP contribution >= 0.6 is 0 Å². The first kappa shape index (κ1) is 19.9. The van der Waals surface area contributed by atoms with Crippen molar-refractivity contribution in [1.29, 1.82) is 0 Å². The molecule has 142 valence electrons. The van der Waals surface area contributed by atoms with Gasteiger partial charge in [0.15, 0.2) is 6.61 Å². The van der Waals surface area contributed by atoms with E-state index in [-0.39, 0.29) is 17.8 Å². The number of carbonyl (C=O) groups excluding carboxylic acids is 1. The van der Waals surface area contributed by atoms with E-state index in [1.54, 1.807) is 51.1 Å². The first-order valence-electron chi connectivity index (χ1n) is 8.17. The molecule has 0 fully saturated rings. The molecule has 0 bridgehead atoms. The molecule has 8 heteroatoms. The van der Waals surface area contributed by atoms with E-state index in [2.05, 4.69) is 5.32 Å². The molecule has 0 aliphatic heterocycles. The number of nitrogens with zero attached hydrogens (tertiary/aromatic N) is 1. The smallest absolute Gasteiger partial charge is 0.341 e. The van der Waals surface area contributed by atoms with Gasteiger partial charge < -0.3 is 15.2 Å². The molecule has 27 heavy (non-hydrogen) atoms. The Morgan fingerprint density at radius 3 is 2.52 bits per heavy atom. The van der Waals surface area contributed by atoms with Crippen molar-refractivity contribution >= 4 is 17.6 Å². The van der Waals surface area contributed by atoms with Crippen molar-refractivity contribution in [3.8, 4) is 5.75 Å². The summed E-state index contributed by atoms with van der Waals surface area (Å²) in [6.07, 6.45) is 0. The Kier molecular flexibility index (Phi) is 6.12. The number of amides is 1. The van der Waals surface area contributed by atoms with Gasteiger partial charge in [-0.25, -0.2) is 4.79 Å². The molecule has 0 spiro atoms. The van der Waals surface area contributed by atoms with Gasteiger partial charge in [0.05, 0.1) is 10.5 Å². The second kappa shape index (κ2) is 8.31.